The summed E-state index contributed by atoms with van der Waals surface area (Å²) in [5.41, 5.74) is 0.970. The molecule has 1 N–H and O–H groups in total. The van der Waals surface area contributed by atoms with E-state index in [2.05, 4.69) is 4.85 Å². The Morgan fingerprint density at radius 2 is 1.86 bits per heavy atom. The van der Waals surface area contributed by atoms with Crippen molar-refractivity contribution in [3.05, 3.63) is 82.7 Å². The molecule has 1 aliphatic heterocycles. The fraction of sp³-hybridized carbons (Fsp3) is 0.259. The van der Waals surface area contributed by atoms with Crippen molar-refractivity contribution in [3.63, 3.8) is 0 Å². The molecule has 190 valence electrons. The standard InChI is InChI=1S/C27H25ClFN4O4/c1-17-23(9-8-22(30-4)24(17)28)33-25(34)27(2,3)32(26(33)35)12-5-15-37-19-6-7-20(21(29)16-19)18-10-13-31(36)14-11-18/h6-11,13-14,16,36H,5,12,15H2,1-3H3/q+1. The second-order valence-corrected chi connectivity index (χ2v) is 9.48. The zero-order valence-electron chi connectivity index (χ0n) is 20.5. The van der Waals surface area contributed by atoms with Crippen molar-refractivity contribution in [2.45, 2.75) is 32.7 Å². The first-order chi connectivity index (χ1) is 17.6. The number of imide groups is 1. The number of pyridine rings is 1. The van der Waals surface area contributed by atoms with Crippen molar-refractivity contribution in [2.24, 2.45) is 0 Å². The number of hydrogen-bond acceptors (Lipinski definition) is 4. The molecule has 0 spiro atoms. The number of ether oxygens (including phenoxy) is 1. The molecule has 0 saturated carbocycles. The van der Waals surface area contributed by atoms with Crippen LogP contribution in [0.4, 0.5) is 20.6 Å². The summed E-state index contributed by atoms with van der Waals surface area (Å²) in [6.45, 7) is 12.7. The molecule has 0 bridgehead atoms. The Kier molecular flexibility index (Phi) is 7.05. The summed E-state index contributed by atoms with van der Waals surface area (Å²) in [5.74, 6) is -0.522. The van der Waals surface area contributed by atoms with E-state index in [0.29, 0.717) is 34.5 Å². The van der Waals surface area contributed by atoms with E-state index in [0.717, 1.165) is 9.63 Å². The molecule has 0 aliphatic carbocycles. The van der Waals surface area contributed by atoms with Gasteiger partial charge in [0.15, 0.2) is 0 Å². The van der Waals surface area contributed by atoms with E-state index in [9.17, 15) is 19.2 Å². The zero-order valence-corrected chi connectivity index (χ0v) is 21.3. The summed E-state index contributed by atoms with van der Waals surface area (Å²) in [4.78, 5) is 32.4. The third-order valence-corrected chi connectivity index (χ3v) is 6.86. The first-order valence-electron chi connectivity index (χ1n) is 11.5. The average Bonchev–Trinajstić information content (AvgIpc) is 3.03. The lowest BCUT2D eigenvalue weighted by Crippen LogP contribution is -2.44. The highest BCUT2D eigenvalue weighted by atomic mass is 35.5. The van der Waals surface area contributed by atoms with E-state index in [-0.39, 0.29) is 23.9 Å². The van der Waals surface area contributed by atoms with Crippen molar-refractivity contribution in [1.82, 2.24) is 4.90 Å². The molecule has 0 radical (unpaired) electrons. The first kappa shape index (κ1) is 25.9. The number of amides is 3. The van der Waals surface area contributed by atoms with Crippen molar-refractivity contribution < 1.29 is 28.7 Å². The fourth-order valence-electron chi connectivity index (χ4n) is 4.24. The van der Waals surface area contributed by atoms with E-state index in [1.165, 1.54) is 29.4 Å². The van der Waals surface area contributed by atoms with Gasteiger partial charge in [0.2, 0.25) is 18.1 Å². The van der Waals surface area contributed by atoms with Crippen molar-refractivity contribution >= 4 is 34.9 Å². The maximum Gasteiger partial charge on any atom is 0.332 e. The van der Waals surface area contributed by atoms with E-state index in [1.807, 2.05) is 0 Å². The van der Waals surface area contributed by atoms with Gasteiger partial charge in [-0.25, -0.2) is 18.9 Å². The summed E-state index contributed by atoms with van der Waals surface area (Å²) < 4.78 is 21.2. The molecular weight excluding hydrogens is 499 g/mol. The first-order valence-corrected chi connectivity index (χ1v) is 11.9. The molecule has 2 heterocycles. The van der Waals surface area contributed by atoms with E-state index >= 15 is 0 Å². The van der Waals surface area contributed by atoms with Gasteiger partial charge in [-0.05, 0) is 56.5 Å². The minimum atomic E-state index is -1.09. The lowest BCUT2D eigenvalue weighted by Gasteiger charge is -2.27. The predicted octanol–water partition coefficient (Wildman–Crippen LogP) is 5.55. The summed E-state index contributed by atoms with van der Waals surface area (Å²) in [6, 6.07) is 10.3. The molecule has 1 saturated heterocycles. The molecule has 3 amide bonds. The Morgan fingerprint density at radius 3 is 2.51 bits per heavy atom. The molecule has 4 rings (SSSR count). The molecule has 1 fully saturated rings. The highest BCUT2D eigenvalue weighted by Crippen LogP contribution is 2.39. The van der Waals surface area contributed by atoms with Gasteiger partial charge in [-0.3, -0.25) is 10.0 Å². The van der Waals surface area contributed by atoms with Crippen molar-refractivity contribution in [2.75, 3.05) is 18.1 Å². The highest BCUT2D eigenvalue weighted by molar-refractivity contribution is 6.35. The van der Waals surface area contributed by atoms with Crippen LogP contribution < -0.4 is 14.4 Å². The number of urea groups is 1. The second kappa shape index (κ2) is 10.1. The monoisotopic (exact) mass is 523 g/mol. The van der Waals surface area contributed by atoms with E-state index in [1.54, 1.807) is 51.1 Å². The number of rotatable bonds is 7. The van der Waals surface area contributed by atoms with Gasteiger partial charge in [-0.2, -0.15) is 0 Å². The second-order valence-electron chi connectivity index (χ2n) is 9.10. The summed E-state index contributed by atoms with van der Waals surface area (Å²) in [5, 5.41) is 9.55. The Bertz CT molecular complexity index is 1420. The van der Waals surface area contributed by atoms with Crippen molar-refractivity contribution in [1.29, 1.82) is 0 Å². The minimum absolute atomic E-state index is 0.202. The van der Waals surface area contributed by atoms with Crippen LogP contribution in [0.15, 0.2) is 54.9 Å². The number of nitrogens with zero attached hydrogens (tertiary/aromatic N) is 4. The maximum atomic E-state index is 14.6. The number of carbonyl (C=O) groups excluding carboxylic acids is 2. The number of carbonyl (C=O) groups is 2. The number of benzene rings is 2. The van der Waals surface area contributed by atoms with Crippen LogP contribution in [0.3, 0.4) is 0 Å². The molecular formula is C27H25ClFN4O4+. The normalized spacial score (nSPS) is 14.7. The molecule has 37 heavy (non-hydrogen) atoms. The fourth-order valence-corrected chi connectivity index (χ4v) is 4.45. The number of aromatic nitrogens is 1. The Labute approximate surface area is 218 Å². The van der Waals surface area contributed by atoms with Crippen LogP contribution in [0.1, 0.15) is 25.8 Å². The van der Waals surface area contributed by atoms with E-state index < -0.39 is 23.3 Å². The molecule has 3 aromatic rings. The molecule has 8 nitrogen and oxygen atoms in total. The molecule has 1 aromatic heterocycles. The molecule has 2 aromatic carbocycles. The molecule has 10 heteroatoms. The van der Waals surface area contributed by atoms with Crippen LogP contribution >= 0.6 is 11.6 Å². The van der Waals surface area contributed by atoms with Crippen LogP contribution in [0, 0.1) is 19.3 Å². The SMILES string of the molecule is [C-]#[N+]c1ccc(N2C(=O)N(CCCOc3ccc(-c4cc[n+](O)cc4)c(F)c3)C(C)(C)C2=O)c(C)c1Cl. The Balaban J connectivity index is 1.41. The lowest BCUT2D eigenvalue weighted by atomic mass is 10.0. The van der Waals surface area contributed by atoms with Crippen LogP contribution in [-0.2, 0) is 4.79 Å². The zero-order chi connectivity index (χ0) is 26.9. The largest absolute Gasteiger partial charge is 0.493 e. The van der Waals surface area contributed by atoms with Crippen LogP contribution in [0.2, 0.25) is 5.02 Å². The van der Waals surface area contributed by atoms with Crippen LogP contribution in [0.25, 0.3) is 16.0 Å². The number of anilines is 1. The van der Waals surface area contributed by atoms with Gasteiger partial charge in [0, 0.05) is 35.0 Å². The number of halogens is 2. The predicted molar refractivity (Wildman–Crippen MR) is 135 cm³/mol. The van der Waals surface area contributed by atoms with Gasteiger partial charge in [-0.15, -0.1) is 0 Å². The lowest BCUT2D eigenvalue weighted by molar-refractivity contribution is -0.904. The average molecular weight is 524 g/mol. The van der Waals surface area contributed by atoms with E-state index in [4.69, 9.17) is 22.9 Å². The van der Waals surface area contributed by atoms with Gasteiger partial charge < -0.3 is 9.64 Å². The minimum Gasteiger partial charge on any atom is -0.493 e. The van der Waals surface area contributed by atoms with Gasteiger partial charge in [0.25, 0.3) is 5.91 Å². The number of hydrogen-bond donors (Lipinski definition) is 1. The molecule has 0 atom stereocenters. The Morgan fingerprint density at radius 1 is 1.16 bits per heavy atom. The Hall–Kier alpha value is -4.16. The summed E-state index contributed by atoms with van der Waals surface area (Å²) in [6.07, 6.45) is 3.22. The van der Waals surface area contributed by atoms with Crippen LogP contribution in [0.5, 0.6) is 5.75 Å². The van der Waals surface area contributed by atoms with Gasteiger partial charge in [0.1, 0.15) is 17.1 Å². The third kappa shape index (κ3) is 4.80. The van der Waals surface area contributed by atoms with Gasteiger partial charge >= 0.3 is 6.03 Å². The van der Waals surface area contributed by atoms with Crippen LogP contribution in [-0.4, -0.2) is 40.7 Å². The van der Waals surface area contributed by atoms with Gasteiger partial charge in [-0.1, -0.05) is 17.7 Å². The smallest absolute Gasteiger partial charge is 0.332 e. The van der Waals surface area contributed by atoms with Gasteiger partial charge in [0.05, 0.1) is 23.9 Å². The maximum absolute atomic E-state index is 14.6. The molecule has 0 unspecified atom stereocenters. The quantitative estimate of drug-likeness (QED) is 0.145. The highest BCUT2D eigenvalue weighted by Gasteiger charge is 2.51. The summed E-state index contributed by atoms with van der Waals surface area (Å²) >= 11 is 6.27. The molecule has 1 aliphatic rings. The topological polar surface area (TPSA) is 78.3 Å². The summed E-state index contributed by atoms with van der Waals surface area (Å²) in [7, 11) is 0. The third-order valence-electron chi connectivity index (χ3n) is 6.38. The van der Waals surface area contributed by atoms with Crippen molar-refractivity contribution in [3.8, 4) is 16.9 Å².